The lowest BCUT2D eigenvalue weighted by Gasteiger charge is -2.29. The number of carbonyl (C=O) groups is 1. The van der Waals surface area contributed by atoms with Gasteiger partial charge in [0.15, 0.2) is 0 Å². The van der Waals surface area contributed by atoms with E-state index >= 15 is 0 Å². The van der Waals surface area contributed by atoms with Crippen LogP contribution >= 0.6 is 23.4 Å². The molecule has 2 aromatic rings. The summed E-state index contributed by atoms with van der Waals surface area (Å²) in [4.78, 5) is 14.8. The minimum atomic E-state index is -3.78. The third-order valence-electron chi connectivity index (χ3n) is 4.54. The number of ether oxygens (including phenoxy) is 1. The molecule has 0 unspecified atom stereocenters. The zero-order chi connectivity index (χ0) is 21.0. The van der Waals surface area contributed by atoms with Gasteiger partial charge < -0.3 is 15.0 Å². The zero-order valence-electron chi connectivity index (χ0n) is 16.1. The van der Waals surface area contributed by atoms with Crippen LogP contribution in [-0.2, 0) is 10.0 Å². The summed E-state index contributed by atoms with van der Waals surface area (Å²) in [5.41, 5.74) is 1.66. The lowest BCUT2D eigenvalue weighted by atomic mass is 10.2. The minimum absolute atomic E-state index is 0.105. The van der Waals surface area contributed by atoms with E-state index in [4.69, 9.17) is 16.3 Å². The predicted molar refractivity (Wildman–Crippen MR) is 118 cm³/mol. The molecule has 1 saturated heterocycles. The average Bonchev–Trinajstić information content (AvgIpc) is 2.74. The van der Waals surface area contributed by atoms with Crippen LogP contribution in [0.2, 0.25) is 5.02 Å². The Balaban J connectivity index is 1.81. The Kier molecular flexibility index (Phi) is 6.94. The first-order chi connectivity index (χ1) is 13.9. The molecule has 0 atom stereocenters. The third kappa shape index (κ3) is 4.98. The molecule has 2 aromatic carbocycles. The number of rotatable bonds is 6. The Morgan fingerprint density at radius 3 is 2.52 bits per heavy atom. The van der Waals surface area contributed by atoms with Crippen molar-refractivity contribution in [1.82, 2.24) is 4.72 Å². The summed E-state index contributed by atoms with van der Waals surface area (Å²) in [6, 6.07) is 9.61. The van der Waals surface area contributed by atoms with Gasteiger partial charge in [0, 0.05) is 35.8 Å². The van der Waals surface area contributed by atoms with Crippen LogP contribution in [0.4, 0.5) is 11.4 Å². The fourth-order valence-corrected chi connectivity index (χ4v) is 5.11. The van der Waals surface area contributed by atoms with Crippen molar-refractivity contribution in [2.75, 3.05) is 49.0 Å². The molecule has 1 aliphatic heterocycles. The number of benzene rings is 2. The Morgan fingerprint density at radius 2 is 1.90 bits per heavy atom. The van der Waals surface area contributed by atoms with Crippen molar-refractivity contribution < 1.29 is 17.9 Å². The Morgan fingerprint density at radius 1 is 1.17 bits per heavy atom. The number of methoxy groups -OCH3 is 1. The van der Waals surface area contributed by atoms with Gasteiger partial charge in [-0.3, -0.25) is 4.79 Å². The first-order valence-corrected chi connectivity index (χ1v) is 11.9. The second kappa shape index (κ2) is 9.25. The number of anilines is 2. The maximum Gasteiger partial charge on any atom is 0.255 e. The van der Waals surface area contributed by atoms with Crippen molar-refractivity contribution in [3.8, 4) is 5.75 Å². The number of nitrogens with one attached hydrogen (secondary N) is 2. The summed E-state index contributed by atoms with van der Waals surface area (Å²) < 4.78 is 31.7. The van der Waals surface area contributed by atoms with E-state index in [0.717, 1.165) is 30.3 Å². The van der Waals surface area contributed by atoms with Crippen LogP contribution in [0.25, 0.3) is 0 Å². The minimum Gasteiger partial charge on any atom is -0.495 e. The Hall–Kier alpha value is -1.94. The first-order valence-electron chi connectivity index (χ1n) is 8.91. The van der Waals surface area contributed by atoms with E-state index in [1.165, 1.54) is 32.4 Å². The number of hydrogen-bond donors (Lipinski definition) is 2. The van der Waals surface area contributed by atoms with Crippen LogP contribution in [-0.4, -0.2) is 53.1 Å². The van der Waals surface area contributed by atoms with Crippen LogP contribution in [0.15, 0.2) is 41.3 Å². The number of sulfonamides is 1. The number of carbonyl (C=O) groups excluding carboxylic acids is 1. The summed E-state index contributed by atoms with van der Waals surface area (Å²) >= 11 is 8.35. The molecule has 1 fully saturated rings. The molecule has 2 N–H and O–H groups in total. The van der Waals surface area contributed by atoms with E-state index in [0.29, 0.717) is 10.7 Å². The van der Waals surface area contributed by atoms with E-state index in [1.54, 1.807) is 12.1 Å². The molecule has 10 heteroatoms. The van der Waals surface area contributed by atoms with Gasteiger partial charge in [0.2, 0.25) is 10.0 Å². The van der Waals surface area contributed by atoms with Crippen molar-refractivity contribution in [2.45, 2.75) is 4.90 Å². The van der Waals surface area contributed by atoms with Crippen LogP contribution in [0, 0.1) is 0 Å². The lowest BCUT2D eigenvalue weighted by Crippen LogP contribution is -2.32. The second-order valence-electron chi connectivity index (χ2n) is 6.29. The predicted octanol–water partition coefficient (Wildman–Crippen LogP) is 3.06. The molecule has 156 valence electrons. The molecule has 3 rings (SSSR count). The van der Waals surface area contributed by atoms with Gasteiger partial charge >= 0.3 is 0 Å². The van der Waals surface area contributed by atoms with Gasteiger partial charge in [-0.05, 0) is 43.4 Å². The SMILES string of the molecule is CNS(=O)(=O)c1cc(C(=O)Nc2ccc(N3CCSCC3)c(Cl)c2)ccc1OC. The summed E-state index contributed by atoms with van der Waals surface area (Å²) in [6.07, 6.45) is 0. The highest BCUT2D eigenvalue weighted by atomic mass is 35.5. The highest BCUT2D eigenvalue weighted by molar-refractivity contribution is 7.99. The topological polar surface area (TPSA) is 87.7 Å². The number of hydrogen-bond acceptors (Lipinski definition) is 6. The van der Waals surface area contributed by atoms with Gasteiger partial charge in [0.1, 0.15) is 10.6 Å². The quantitative estimate of drug-likeness (QED) is 0.696. The molecule has 0 aliphatic carbocycles. The van der Waals surface area contributed by atoms with E-state index in [1.807, 2.05) is 17.8 Å². The van der Waals surface area contributed by atoms with Crippen molar-refractivity contribution >= 4 is 50.7 Å². The molecular formula is C19H22ClN3O4S2. The summed E-state index contributed by atoms with van der Waals surface area (Å²) in [6.45, 7) is 1.87. The highest BCUT2D eigenvalue weighted by Gasteiger charge is 2.21. The lowest BCUT2D eigenvalue weighted by molar-refractivity contribution is 0.102. The van der Waals surface area contributed by atoms with Gasteiger partial charge in [-0.2, -0.15) is 11.8 Å². The van der Waals surface area contributed by atoms with Gasteiger partial charge in [-0.15, -0.1) is 0 Å². The van der Waals surface area contributed by atoms with E-state index < -0.39 is 15.9 Å². The smallest absolute Gasteiger partial charge is 0.255 e. The molecule has 0 saturated carbocycles. The van der Waals surface area contributed by atoms with Gasteiger partial charge in [-0.1, -0.05) is 11.6 Å². The maximum atomic E-state index is 12.7. The number of thioether (sulfide) groups is 1. The van der Waals surface area contributed by atoms with Crippen LogP contribution in [0.1, 0.15) is 10.4 Å². The molecule has 1 amide bonds. The zero-order valence-corrected chi connectivity index (χ0v) is 18.5. The van der Waals surface area contributed by atoms with Crippen molar-refractivity contribution in [1.29, 1.82) is 0 Å². The van der Waals surface area contributed by atoms with E-state index in [-0.39, 0.29) is 16.2 Å². The van der Waals surface area contributed by atoms with E-state index in [2.05, 4.69) is 14.9 Å². The fourth-order valence-electron chi connectivity index (χ4n) is 2.99. The second-order valence-corrected chi connectivity index (χ2v) is 9.78. The Labute approximate surface area is 179 Å². The summed E-state index contributed by atoms with van der Waals surface area (Å²) in [5.74, 6) is 1.83. The average molecular weight is 456 g/mol. The molecule has 0 aromatic heterocycles. The molecule has 1 heterocycles. The molecule has 0 bridgehead atoms. The largest absolute Gasteiger partial charge is 0.495 e. The standard InChI is InChI=1S/C19H22ClN3O4S2/c1-21-29(25,26)18-11-13(3-6-17(18)27-2)19(24)22-14-4-5-16(15(20)12-14)23-7-9-28-10-8-23/h3-6,11-12,21H,7-10H2,1-2H3,(H,22,24). The van der Waals surface area contributed by atoms with Crippen LogP contribution in [0.3, 0.4) is 0 Å². The van der Waals surface area contributed by atoms with Gasteiger partial charge in [0.05, 0.1) is 17.8 Å². The highest BCUT2D eigenvalue weighted by Crippen LogP contribution is 2.31. The number of halogens is 1. The third-order valence-corrected chi connectivity index (χ3v) is 7.22. The van der Waals surface area contributed by atoms with Crippen LogP contribution in [0.5, 0.6) is 5.75 Å². The van der Waals surface area contributed by atoms with Crippen molar-refractivity contribution in [2.24, 2.45) is 0 Å². The first kappa shape index (κ1) is 21.8. The maximum absolute atomic E-state index is 12.7. The molecule has 0 radical (unpaired) electrons. The Bertz CT molecular complexity index is 1010. The number of nitrogens with zero attached hydrogens (tertiary/aromatic N) is 1. The molecule has 29 heavy (non-hydrogen) atoms. The van der Waals surface area contributed by atoms with Gasteiger partial charge in [0.25, 0.3) is 5.91 Å². The fraction of sp³-hybridized carbons (Fsp3) is 0.316. The summed E-state index contributed by atoms with van der Waals surface area (Å²) in [5, 5.41) is 3.32. The molecule has 0 spiro atoms. The molecular weight excluding hydrogens is 434 g/mol. The van der Waals surface area contributed by atoms with E-state index in [9.17, 15) is 13.2 Å². The molecule has 7 nitrogen and oxygen atoms in total. The van der Waals surface area contributed by atoms with Crippen LogP contribution < -0.4 is 19.7 Å². The normalized spacial score (nSPS) is 14.5. The summed E-state index contributed by atoms with van der Waals surface area (Å²) in [7, 11) is -1.11. The monoisotopic (exact) mass is 455 g/mol. The van der Waals surface area contributed by atoms with Gasteiger partial charge in [-0.25, -0.2) is 13.1 Å². The van der Waals surface area contributed by atoms with Crippen molar-refractivity contribution in [3.05, 3.63) is 47.0 Å². The number of amides is 1. The molecule has 1 aliphatic rings. The van der Waals surface area contributed by atoms with Crippen molar-refractivity contribution in [3.63, 3.8) is 0 Å².